The lowest BCUT2D eigenvalue weighted by atomic mass is 9.91. The predicted octanol–water partition coefficient (Wildman–Crippen LogP) is 2.00. The zero-order valence-electron chi connectivity index (χ0n) is 12.9. The second-order valence-electron chi connectivity index (χ2n) is 5.65. The number of carbonyl (C=O) groups excluding carboxylic acids is 1. The highest BCUT2D eigenvalue weighted by atomic mass is 16.6. The Morgan fingerprint density at radius 1 is 1.43 bits per heavy atom. The van der Waals surface area contributed by atoms with Gasteiger partial charge in [0.15, 0.2) is 0 Å². The van der Waals surface area contributed by atoms with Gasteiger partial charge in [-0.15, -0.1) is 6.58 Å². The molecule has 1 saturated heterocycles. The van der Waals surface area contributed by atoms with Gasteiger partial charge in [0.25, 0.3) is 0 Å². The molecular formula is C17H22N2O4. The molecule has 1 heterocycles. The molecule has 3 N–H and O–H groups in total. The highest BCUT2D eigenvalue weighted by Gasteiger charge is 2.43. The molecular weight excluding hydrogens is 296 g/mol. The summed E-state index contributed by atoms with van der Waals surface area (Å²) in [5.41, 5.74) is 6.91. The van der Waals surface area contributed by atoms with Gasteiger partial charge in [0.1, 0.15) is 6.61 Å². The van der Waals surface area contributed by atoms with Crippen molar-refractivity contribution >= 4 is 12.1 Å². The lowest BCUT2D eigenvalue weighted by Crippen LogP contribution is -2.49. The third-order valence-corrected chi connectivity index (χ3v) is 4.09. The standard InChI is InChI=1S/C17H22N2O4/c1-2-6-13(16(20)21)15-14(18)9-10-19(15)17(22)23-11-12-7-4-3-5-8-12/h2-5,7-8,13-15H,1,6,9-11,18H2,(H,20,21)/t13?,14-,15+/m0/s1. The zero-order valence-corrected chi connectivity index (χ0v) is 12.9. The normalized spacial score (nSPS) is 21.7. The van der Waals surface area contributed by atoms with Crippen LogP contribution in [0.1, 0.15) is 18.4 Å². The molecule has 0 saturated carbocycles. The summed E-state index contributed by atoms with van der Waals surface area (Å²) in [6, 6.07) is 8.38. The molecule has 0 radical (unpaired) electrons. The molecule has 1 unspecified atom stereocenters. The molecule has 6 heteroatoms. The smallest absolute Gasteiger partial charge is 0.410 e. The predicted molar refractivity (Wildman–Crippen MR) is 85.7 cm³/mol. The van der Waals surface area contributed by atoms with Gasteiger partial charge in [-0.3, -0.25) is 4.79 Å². The number of nitrogens with zero attached hydrogens (tertiary/aromatic N) is 1. The van der Waals surface area contributed by atoms with Crippen LogP contribution in [0.2, 0.25) is 0 Å². The van der Waals surface area contributed by atoms with Gasteiger partial charge in [0.2, 0.25) is 0 Å². The largest absolute Gasteiger partial charge is 0.481 e. The zero-order chi connectivity index (χ0) is 16.8. The SMILES string of the molecule is C=CCC(C(=O)O)[C@@H]1[C@@H](N)CCN1C(=O)OCc1ccccc1. The number of hydrogen-bond donors (Lipinski definition) is 2. The number of amides is 1. The number of aliphatic carboxylic acids is 1. The summed E-state index contributed by atoms with van der Waals surface area (Å²) in [6.45, 7) is 4.14. The number of nitrogens with two attached hydrogens (primary N) is 1. The van der Waals surface area contributed by atoms with E-state index in [1.165, 1.54) is 11.0 Å². The molecule has 1 aromatic carbocycles. The summed E-state index contributed by atoms with van der Waals surface area (Å²) in [4.78, 5) is 25.3. The fourth-order valence-corrected chi connectivity index (χ4v) is 2.94. The quantitative estimate of drug-likeness (QED) is 0.783. The topological polar surface area (TPSA) is 92.9 Å². The molecule has 0 aliphatic carbocycles. The van der Waals surface area contributed by atoms with Crippen molar-refractivity contribution in [3.8, 4) is 0 Å². The van der Waals surface area contributed by atoms with E-state index >= 15 is 0 Å². The van der Waals surface area contributed by atoms with Crippen molar-refractivity contribution in [1.29, 1.82) is 0 Å². The summed E-state index contributed by atoms with van der Waals surface area (Å²) in [5, 5.41) is 9.41. The van der Waals surface area contributed by atoms with E-state index < -0.39 is 24.0 Å². The van der Waals surface area contributed by atoms with E-state index in [9.17, 15) is 14.7 Å². The van der Waals surface area contributed by atoms with Crippen molar-refractivity contribution in [2.75, 3.05) is 6.54 Å². The molecule has 1 aromatic rings. The second kappa shape index (κ2) is 7.78. The fourth-order valence-electron chi connectivity index (χ4n) is 2.94. The molecule has 1 aliphatic heterocycles. The average Bonchev–Trinajstić information content (AvgIpc) is 2.92. The third-order valence-electron chi connectivity index (χ3n) is 4.09. The molecule has 0 spiro atoms. The van der Waals surface area contributed by atoms with Gasteiger partial charge in [-0.2, -0.15) is 0 Å². The number of benzene rings is 1. The number of carboxylic acids is 1. The Bertz CT molecular complexity index is 561. The third kappa shape index (κ3) is 4.10. The minimum absolute atomic E-state index is 0.150. The Morgan fingerprint density at radius 3 is 2.74 bits per heavy atom. The van der Waals surface area contributed by atoms with Crippen molar-refractivity contribution in [3.63, 3.8) is 0 Å². The molecule has 3 atom stereocenters. The van der Waals surface area contributed by atoms with Crippen LogP contribution < -0.4 is 5.73 Å². The molecule has 0 bridgehead atoms. The van der Waals surface area contributed by atoms with E-state index in [0.717, 1.165) is 5.56 Å². The molecule has 1 amide bonds. The fraction of sp³-hybridized carbons (Fsp3) is 0.412. The number of carbonyl (C=O) groups is 2. The van der Waals surface area contributed by atoms with Crippen molar-refractivity contribution < 1.29 is 19.4 Å². The summed E-state index contributed by atoms with van der Waals surface area (Å²) in [6.07, 6.45) is 1.83. The maximum absolute atomic E-state index is 12.3. The Kier molecular flexibility index (Phi) is 5.76. The summed E-state index contributed by atoms with van der Waals surface area (Å²) >= 11 is 0. The highest BCUT2D eigenvalue weighted by molar-refractivity contribution is 5.74. The van der Waals surface area contributed by atoms with Crippen LogP contribution in [0.15, 0.2) is 43.0 Å². The Hall–Kier alpha value is -2.34. The Balaban J connectivity index is 2.05. The van der Waals surface area contributed by atoms with Crippen LogP contribution in [0.25, 0.3) is 0 Å². The first-order valence-corrected chi connectivity index (χ1v) is 7.61. The summed E-state index contributed by atoms with van der Waals surface area (Å²) in [7, 11) is 0. The van der Waals surface area contributed by atoms with E-state index in [4.69, 9.17) is 10.5 Å². The van der Waals surface area contributed by atoms with Crippen LogP contribution >= 0.6 is 0 Å². The van der Waals surface area contributed by atoms with E-state index in [1.54, 1.807) is 0 Å². The number of hydrogen-bond acceptors (Lipinski definition) is 4. The van der Waals surface area contributed by atoms with E-state index in [2.05, 4.69) is 6.58 Å². The van der Waals surface area contributed by atoms with E-state index in [0.29, 0.717) is 13.0 Å². The maximum Gasteiger partial charge on any atom is 0.410 e. The summed E-state index contributed by atoms with van der Waals surface area (Å²) in [5.74, 6) is -1.75. The number of carboxylic acid groups (broad SMARTS) is 1. The van der Waals surface area contributed by atoms with Crippen LogP contribution in [0.5, 0.6) is 0 Å². The lowest BCUT2D eigenvalue weighted by molar-refractivity contribution is -0.143. The monoisotopic (exact) mass is 318 g/mol. The van der Waals surface area contributed by atoms with Gasteiger partial charge < -0.3 is 20.5 Å². The summed E-state index contributed by atoms with van der Waals surface area (Å²) < 4.78 is 5.31. The lowest BCUT2D eigenvalue weighted by Gasteiger charge is -2.30. The van der Waals surface area contributed by atoms with Gasteiger partial charge in [0, 0.05) is 12.6 Å². The van der Waals surface area contributed by atoms with Gasteiger partial charge in [0.05, 0.1) is 12.0 Å². The number of rotatable bonds is 6. The maximum atomic E-state index is 12.3. The van der Waals surface area contributed by atoms with Crippen molar-refractivity contribution in [1.82, 2.24) is 4.90 Å². The Labute approximate surface area is 135 Å². The first-order valence-electron chi connectivity index (χ1n) is 7.61. The van der Waals surface area contributed by atoms with Crippen molar-refractivity contribution in [2.45, 2.75) is 31.5 Å². The van der Waals surface area contributed by atoms with Gasteiger partial charge in [-0.25, -0.2) is 4.79 Å². The number of allylic oxidation sites excluding steroid dienone is 1. The molecule has 1 aliphatic rings. The first kappa shape index (κ1) is 17.0. The minimum Gasteiger partial charge on any atom is -0.481 e. The van der Waals surface area contributed by atoms with Crippen molar-refractivity contribution in [2.24, 2.45) is 11.7 Å². The van der Waals surface area contributed by atoms with E-state index in [1.807, 2.05) is 30.3 Å². The van der Waals surface area contributed by atoms with Gasteiger partial charge in [-0.05, 0) is 18.4 Å². The number of likely N-dealkylation sites (tertiary alicyclic amines) is 1. The van der Waals surface area contributed by atoms with Crippen LogP contribution in [-0.2, 0) is 16.1 Å². The van der Waals surface area contributed by atoms with Crippen LogP contribution in [0.4, 0.5) is 4.79 Å². The minimum atomic E-state index is -0.979. The average molecular weight is 318 g/mol. The van der Waals surface area contributed by atoms with E-state index in [-0.39, 0.29) is 19.1 Å². The van der Waals surface area contributed by atoms with Gasteiger partial charge in [-0.1, -0.05) is 36.4 Å². The molecule has 124 valence electrons. The number of ether oxygens (including phenoxy) is 1. The van der Waals surface area contributed by atoms with Crippen LogP contribution in [0.3, 0.4) is 0 Å². The van der Waals surface area contributed by atoms with Gasteiger partial charge >= 0.3 is 12.1 Å². The molecule has 6 nitrogen and oxygen atoms in total. The molecule has 2 rings (SSSR count). The molecule has 23 heavy (non-hydrogen) atoms. The second-order valence-corrected chi connectivity index (χ2v) is 5.65. The first-order chi connectivity index (χ1) is 11.0. The van der Waals surface area contributed by atoms with Crippen molar-refractivity contribution in [3.05, 3.63) is 48.6 Å². The van der Waals surface area contributed by atoms with Crippen LogP contribution in [0, 0.1) is 5.92 Å². The highest BCUT2D eigenvalue weighted by Crippen LogP contribution is 2.27. The molecule has 0 aromatic heterocycles. The Morgan fingerprint density at radius 2 is 2.13 bits per heavy atom. The molecule has 1 fully saturated rings. The van der Waals surface area contributed by atoms with Crippen LogP contribution in [-0.4, -0.2) is 40.7 Å².